The van der Waals surface area contributed by atoms with Crippen molar-refractivity contribution >= 4 is 17.7 Å². The number of hydrogen-bond acceptors (Lipinski definition) is 5. The number of methoxy groups -OCH3 is 1. The van der Waals surface area contributed by atoms with Crippen LogP contribution in [0.15, 0.2) is 47.4 Å². The van der Waals surface area contributed by atoms with Gasteiger partial charge in [-0.15, -0.1) is 11.8 Å². The summed E-state index contributed by atoms with van der Waals surface area (Å²) in [6, 6.07) is 13.8. The Balaban J connectivity index is 2.20. The Labute approximate surface area is 127 Å². The van der Waals surface area contributed by atoms with Gasteiger partial charge in [-0.1, -0.05) is 0 Å². The van der Waals surface area contributed by atoms with E-state index in [2.05, 4.69) is 0 Å². The van der Waals surface area contributed by atoms with Crippen molar-refractivity contribution in [2.24, 2.45) is 0 Å². The molecule has 0 aliphatic carbocycles. The number of hydrogen-bond donors (Lipinski definition) is 0. The zero-order valence-corrected chi connectivity index (χ0v) is 12.4. The molecular formula is C16H13NO3S. The Morgan fingerprint density at radius 3 is 2.43 bits per heavy atom. The van der Waals surface area contributed by atoms with E-state index in [1.165, 1.54) is 13.2 Å². The van der Waals surface area contributed by atoms with Crippen LogP contribution in [0.5, 0.6) is 11.5 Å². The third kappa shape index (κ3) is 3.56. The van der Waals surface area contributed by atoms with E-state index in [1.807, 2.05) is 24.5 Å². The van der Waals surface area contributed by atoms with Gasteiger partial charge in [0, 0.05) is 11.0 Å². The molecule has 21 heavy (non-hydrogen) atoms. The lowest BCUT2D eigenvalue weighted by atomic mass is 10.2. The molecule has 0 N–H and O–H groups in total. The molecule has 0 aliphatic rings. The number of benzene rings is 2. The molecule has 0 fully saturated rings. The van der Waals surface area contributed by atoms with Crippen molar-refractivity contribution in [2.45, 2.75) is 4.90 Å². The summed E-state index contributed by atoms with van der Waals surface area (Å²) in [7, 11) is 1.46. The van der Waals surface area contributed by atoms with Gasteiger partial charge in [-0.2, -0.15) is 5.26 Å². The van der Waals surface area contributed by atoms with Gasteiger partial charge in [-0.05, 0) is 42.7 Å². The van der Waals surface area contributed by atoms with E-state index in [9.17, 15) is 4.79 Å². The van der Waals surface area contributed by atoms with Crippen LogP contribution in [0, 0.1) is 11.3 Å². The molecule has 0 unspecified atom stereocenters. The van der Waals surface area contributed by atoms with Gasteiger partial charge >= 0.3 is 5.97 Å². The summed E-state index contributed by atoms with van der Waals surface area (Å²) in [6.45, 7) is 0. The maximum absolute atomic E-state index is 12.1. The molecule has 0 heterocycles. The number of carbonyl (C=O) groups is 1. The Hall–Kier alpha value is -2.45. The summed E-state index contributed by atoms with van der Waals surface area (Å²) in [4.78, 5) is 13.2. The van der Waals surface area contributed by atoms with E-state index in [4.69, 9.17) is 14.7 Å². The summed E-state index contributed by atoms with van der Waals surface area (Å²) in [5.74, 6) is 0.171. The molecule has 2 aromatic carbocycles. The number of ether oxygens (including phenoxy) is 2. The molecule has 0 saturated carbocycles. The molecule has 4 nitrogen and oxygen atoms in total. The summed E-state index contributed by atoms with van der Waals surface area (Å²) in [5, 5.41) is 8.84. The van der Waals surface area contributed by atoms with Crippen molar-refractivity contribution in [3.05, 3.63) is 53.6 Å². The molecule has 2 aromatic rings. The number of rotatable bonds is 4. The van der Waals surface area contributed by atoms with Crippen molar-refractivity contribution in [2.75, 3.05) is 13.4 Å². The van der Waals surface area contributed by atoms with E-state index in [0.29, 0.717) is 16.9 Å². The third-order valence-electron chi connectivity index (χ3n) is 2.82. The van der Waals surface area contributed by atoms with Gasteiger partial charge in [-0.25, -0.2) is 4.79 Å². The molecule has 0 aliphatic heterocycles. The van der Waals surface area contributed by atoms with Gasteiger partial charge in [0.05, 0.1) is 24.3 Å². The molecule has 106 valence electrons. The standard InChI is InChI=1S/C16H13NO3S/c1-19-15-9-11(10-17)3-8-14(15)20-16(18)12-4-6-13(21-2)7-5-12/h3-9H,1-2H3. The summed E-state index contributed by atoms with van der Waals surface area (Å²) >= 11 is 1.60. The number of nitrogens with zero attached hydrogens (tertiary/aromatic N) is 1. The van der Waals surface area contributed by atoms with Crippen LogP contribution in [0.1, 0.15) is 15.9 Å². The van der Waals surface area contributed by atoms with Crippen LogP contribution in [0.2, 0.25) is 0 Å². The molecule has 0 amide bonds. The second-order valence-electron chi connectivity index (χ2n) is 4.10. The normalized spacial score (nSPS) is 9.76. The zero-order valence-electron chi connectivity index (χ0n) is 11.6. The maximum atomic E-state index is 12.1. The average molecular weight is 299 g/mol. The largest absolute Gasteiger partial charge is 0.493 e. The number of thioether (sulfide) groups is 1. The SMILES string of the molecule is COc1cc(C#N)ccc1OC(=O)c1ccc(SC)cc1. The van der Waals surface area contributed by atoms with Crippen LogP contribution in [0.3, 0.4) is 0 Å². The fourth-order valence-electron chi connectivity index (χ4n) is 1.71. The van der Waals surface area contributed by atoms with Crippen LogP contribution in [0.4, 0.5) is 0 Å². The van der Waals surface area contributed by atoms with Gasteiger partial charge in [-0.3, -0.25) is 0 Å². The predicted octanol–water partition coefficient (Wildman–Crippen LogP) is 3.51. The smallest absolute Gasteiger partial charge is 0.343 e. The van der Waals surface area contributed by atoms with Gasteiger partial charge in [0.1, 0.15) is 0 Å². The molecular weight excluding hydrogens is 286 g/mol. The highest BCUT2D eigenvalue weighted by Crippen LogP contribution is 2.28. The summed E-state index contributed by atoms with van der Waals surface area (Å²) < 4.78 is 10.4. The molecule has 0 radical (unpaired) electrons. The van der Waals surface area contributed by atoms with Crippen LogP contribution in [-0.4, -0.2) is 19.3 Å². The van der Waals surface area contributed by atoms with Gasteiger partial charge in [0.2, 0.25) is 0 Å². The molecule has 2 rings (SSSR count). The van der Waals surface area contributed by atoms with E-state index in [1.54, 1.807) is 36.0 Å². The quantitative estimate of drug-likeness (QED) is 0.491. The first-order valence-corrected chi connectivity index (χ1v) is 7.34. The van der Waals surface area contributed by atoms with Crippen LogP contribution in [-0.2, 0) is 0 Å². The first kappa shape index (κ1) is 14.9. The lowest BCUT2D eigenvalue weighted by Crippen LogP contribution is -2.09. The third-order valence-corrected chi connectivity index (χ3v) is 3.56. The number of esters is 1. The van der Waals surface area contributed by atoms with E-state index in [0.717, 1.165) is 4.90 Å². The Kier molecular flexibility index (Phi) is 4.85. The number of carbonyl (C=O) groups excluding carboxylic acids is 1. The predicted molar refractivity (Wildman–Crippen MR) is 80.9 cm³/mol. The highest BCUT2D eigenvalue weighted by atomic mass is 32.2. The van der Waals surface area contributed by atoms with E-state index in [-0.39, 0.29) is 5.75 Å². The topological polar surface area (TPSA) is 59.3 Å². The van der Waals surface area contributed by atoms with Gasteiger partial charge < -0.3 is 9.47 Å². The fourth-order valence-corrected chi connectivity index (χ4v) is 2.12. The van der Waals surface area contributed by atoms with Crippen LogP contribution >= 0.6 is 11.8 Å². The van der Waals surface area contributed by atoms with Crippen molar-refractivity contribution in [3.8, 4) is 17.6 Å². The summed E-state index contributed by atoms with van der Waals surface area (Å²) in [5.41, 5.74) is 0.898. The van der Waals surface area contributed by atoms with Crippen molar-refractivity contribution in [3.63, 3.8) is 0 Å². The van der Waals surface area contributed by atoms with E-state index >= 15 is 0 Å². The lowest BCUT2D eigenvalue weighted by molar-refractivity contribution is 0.0729. The minimum absolute atomic E-state index is 0.287. The van der Waals surface area contributed by atoms with Crippen LogP contribution < -0.4 is 9.47 Å². The molecule has 0 saturated heterocycles. The van der Waals surface area contributed by atoms with Crippen molar-refractivity contribution in [1.82, 2.24) is 0 Å². The van der Waals surface area contributed by atoms with Gasteiger partial charge in [0.25, 0.3) is 0 Å². The maximum Gasteiger partial charge on any atom is 0.343 e. The Bertz CT molecular complexity index is 690. The second-order valence-corrected chi connectivity index (χ2v) is 4.98. The van der Waals surface area contributed by atoms with Crippen molar-refractivity contribution in [1.29, 1.82) is 5.26 Å². The first-order valence-electron chi connectivity index (χ1n) is 6.12. The highest BCUT2D eigenvalue weighted by molar-refractivity contribution is 7.98. The first-order chi connectivity index (χ1) is 10.2. The second kappa shape index (κ2) is 6.82. The zero-order chi connectivity index (χ0) is 15.2. The van der Waals surface area contributed by atoms with Crippen molar-refractivity contribution < 1.29 is 14.3 Å². The van der Waals surface area contributed by atoms with Crippen LogP contribution in [0.25, 0.3) is 0 Å². The average Bonchev–Trinajstić information content (AvgIpc) is 2.55. The number of nitriles is 1. The lowest BCUT2D eigenvalue weighted by Gasteiger charge is -2.09. The molecule has 0 atom stereocenters. The minimum atomic E-state index is -0.467. The van der Waals surface area contributed by atoms with Gasteiger partial charge in [0.15, 0.2) is 11.5 Å². The van der Waals surface area contributed by atoms with E-state index < -0.39 is 5.97 Å². The monoisotopic (exact) mass is 299 g/mol. The highest BCUT2D eigenvalue weighted by Gasteiger charge is 2.13. The Morgan fingerprint density at radius 2 is 1.86 bits per heavy atom. The fraction of sp³-hybridized carbons (Fsp3) is 0.125. The summed E-state index contributed by atoms with van der Waals surface area (Å²) in [6.07, 6.45) is 1.97. The molecule has 0 aromatic heterocycles. The molecule has 0 bridgehead atoms. The minimum Gasteiger partial charge on any atom is -0.493 e. The molecule has 5 heteroatoms. The Morgan fingerprint density at radius 1 is 1.14 bits per heavy atom. The molecule has 0 spiro atoms.